The normalized spacial score (nSPS) is 42.6. The fraction of sp³-hybridized carbons (Fsp3) is 0.692. The van der Waals surface area contributed by atoms with Crippen molar-refractivity contribution in [2.24, 2.45) is 16.7 Å². The summed E-state index contributed by atoms with van der Waals surface area (Å²) in [6.45, 7) is 5.06. The molecule has 0 spiro atoms. The second kappa shape index (κ2) is 3.70. The number of nitrogens with zero attached hydrogens (tertiary/aromatic N) is 3. The predicted octanol–water partition coefficient (Wildman–Crippen LogP) is 1.70. The third-order valence-electron chi connectivity index (χ3n) is 4.48. The topological polar surface area (TPSA) is 114 Å². The fourth-order valence-corrected chi connectivity index (χ4v) is 3.18. The van der Waals surface area contributed by atoms with Gasteiger partial charge in [0.25, 0.3) is 0 Å². The molecule has 4 atom stereocenters. The SMILES string of the molecule is CC[C@H]1O[C@@]2(C)OC(=N)[C@@]1(C#N)C(C#N)(C#N)[C@H]2C. The summed E-state index contributed by atoms with van der Waals surface area (Å²) in [7, 11) is 0. The molecule has 0 aromatic carbocycles. The van der Waals surface area contributed by atoms with Crippen molar-refractivity contribution >= 4 is 5.90 Å². The van der Waals surface area contributed by atoms with Crippen molar-refractivity contribution in [2.45, 2.75) is 39.1 Å². The molecule has 0 saturated carbocycles. The van der Waals surface area contributed by atoms with Gasteiger partial charge in [-0.25, -0.2) is 0 Å². The lowest BCUT2D eigenvalue weighted by Crippen LogP contribution is -2.73. The fourth-order valence-electron chi connectivity index (χ4n) is 3.18. The molecule has 0 aromatic rings. The van der Waals surface area contributed by atoms with Crippen LogP contribution < -0.4 is 0 Å². The first-order chi connectivity index (χ1) is 8.88. The summed E-state index contributed by atoms with van der Waals surface area (Å²) >= 11 is 0. The third-order valence-corrected chi connectivity index (χ3v) is 4.48. The predicted molar refractivity (Wildman–Crippen MR) is 63.2 cm³/mol. The molecule has 3 rings (SSSR count). The van der Waals surface area contributed by atoms with Crippen molar-refractivity contribution in [1.82, 2.24) is 0 Å². The van der Waals surface area contributed by atoms with Crippen molar-refractivity contribution in [1.29, 1.82) is 21.2 Å². The Morgan fingerprint density at radius 3 is 2.26 bits per heavy atom. The van der Waals surface area contributed by atoms with Crippen LogP contribution >= 0.6 is 0 Å². The summed E-state index contributed by atoms with van der Waals surface area (Å²) < 4.78 is 11.2. The van der Waals surface area contributed by atoms with Gasteiger partial charge in [0.2, 0.25) is 11.7 Å². The number of hydrogen-bond acceptors (Lipinski definition) is 6. The first kappa shape index (κ1) is 13.3. The highest BCUT2D eigenvalue weighted by molar-refractivity contribution is 5.88. The Morgan fingerprint density at radius 1 is 1.26 bits per heavy atom. The second-order valence-corrected chi connectivity index (χ2v) is 5.14. The molecule has 19 heavy (non-hydrogen) atoms. The van der Waals surface area contributed by atoms with E-state index in [0.29, 0.717) is 6.42 Å². The Kier molecular flexibility index (Phi) is 2.59. The quantitative estimate of drug-likeness (QED) is 0.768. The van der Waals surface area contributed by atoms with Gasteiger partial charge in [-0.1, -0.05) is 13.8 Å². The van der Waals surface area contributed by atoms with Gasteiger partial charge in [-0.2, -0.15) is 15.8 Å². The zero-order valence-corrected chi connectivity index (χ0v) is 11.0. The maximum absolute atomic E-state index is 9.58. The van der Waals surface area contributed by atoms with E-state index in [1.165, 1.54) is 0 Å². The molecule has 98 valence electrons. The van der Waals surface area contributed by atoms with E-state index in [0.717, 1.165) is 0 Å². The van der Waals surface area contributed by atoms with Crippen LogP contribution in [0.5, 0.6) is 0 Å². The summed E-state index contributed by atoms with van der Waals surface area (Å²) in [5, 5.41) is 36.7. The van der Waals surface area contributed by atoms with Crippen molar-refractivity contribution in [3.05, 3.63) is 0 Å². The number of fused-ring (bicyclic) bond motifs is 3. The van der Waals surface area contributed by atoms with E-state index in [2.05, 4.69) is 0 Å². The number of hydrogen-bond donors (Lipinski definition) is 1. The molecular weight excluding hydrogens is 244 g/mol. The van der Waals surface area contributed by atoms with E-state index in [1.807, 2.05) is 18.2 Å². The van der Waals surface area contributed by atoms with Gasteiger partial charge in [0.1, 0.15) is 0 Å². The van der Waals surface area contributed by atoms with Gasteiger partial charge >= 0.3 is 0 Å². The lowest BCUT2D eigenvalue weighted by atomic mass is 9.51. The molecule has 3 heterocycles. The zero-order chi connectivity index (χ0) is 14.5. The van der Waals surface area contributed by atoms with Crippen LogP contribution in [0.1, 0.15) is 27.2 Å². The Bertz CT molecular complexity index is 553. The van der Waals surface area contributed by atoms with Crippen LogP contribution in [0, 0.1) is 56.2 Å². The number of nitriles is 3. The monoisotopic (exact) mass is 258 g/mol. The molecule has 6 nitrogen and oxygen atoms in total. The lowest BCUT2D eigenvalue weighted by Gasteiger charge is -2.60. The van der Waals surface area contributed by atoms with E-state index in [9.17, 15) is 15.8 Å². The van der Waals surface area contributed by atoms with E-state index < -0.39 is 28.6 Å². The van der Waals surface area contributed by atoms with Crippen LogP contribution in [-0.2, 0) is 9.47 Å². The van der Waals surface area contributed by atoms with Crippen LogP contribution in [-0.4, -0.2) is 17.8 Å². The molecule has 1 N–H and O–H groups in total. The van der Waals surface area contributed by atoms with E-state index in [-0.39, 0.29) is 5.90 Å². The Labute approximate surface area is 111 Å². The molecule has 0 aromatic heterocycles. The smallest absolute Gasteiger partial charge is 0.214 e. The summed E-state index contributed by atoms with van der Waals surface area (Å²) in [6, 6.07) is 5.93. The van der Waals surface area contributed by atoms with Gasteiger partial charge in [-0.3, -0.25) is 5.41 Å². The Morgan fingerprint density at radius 2 is 1.84 bits per heavy atom. The Balaban J connectivity index is 2.81. The summed E-state index contributed by atoms with van der Waals surface area (Å²) in [5.41, 5.74) is -3.30. The van der Waals surface area contributed by atoms with Gasteiger partial charge < -0.3 is 9.47 Å². The molecule has 3 aliphatic rings. The minimum absolute atomic E-state index is 0.336. The standard InChI is InChI=1S/C13H14N4O2/c1-4-9-13(7-16)10(17)19-11(3,18-9)8(2)12(13,5-14)6-15/h8-9,17H,4H2,1-3H3/t8-,9+,11-,13-/m0/s1. The third kappa shape index (κ3) is 1.14. The first-order valence-corrected chi connectivity index (χ1v) is 6.08. The second-order valence-electron chi connectivity index (χ2n) is 5.14. The van der Waals surface area contributed by atoms with Crippen molar-refractivity contribution in [2.75, 3.05) is 0 Å². The highest BCUT2D eigenvalue weighted by Crippen LogP contribution is 2.62. The minimum atomic E-state index is -1.66. The largest absolute Gasteiger partial charge is 0.448 e. The molecule has 3 fully saturated rings. The number of ether oxygens (including phenoxy) is 2. The minimum Gasteiger partial charge on any atom is -0.448 e. The molecule has 0 aliphatic carbocycles. The van der Waals surface area contributed by atoms with Crippen LogP contribution in [0.2, 0.25) is 0 Å². The van der Waals surface area contributed by atoms with Crippen molar-refractivity contribution < 1.29 is 9.47 Å². The van der Waals surface area contributed by atoms with E-state index >= 15 is 0 Å². The van der Waals surface area contributed by atoms with Gasteiger partial charge in [0, 0.05) is 6.92 Å². The summed E-state index contributed by atoms with van der Waals surface area (Å²) in [4.78, 5) is 0. The molecular formula is C13H14N4O2. The molecule has 0 radical (unpaired) electrons. The van der Waals surface area contributed by atoms with Crippen LogP contribution in [0.4, 0.5) is 0 Å². The van der Waals surface area contributed by atoms with E-state index in [4.69, 9.17) is 14.9 Å². The van der Waals surface area contributed by atoms with Crippen molar-refractivity contribution in [3.63, 3.8) is 0 Å². The number of rotatable bonds is 1. The lowest BCUT2D eigenvalue weighted by molar-refractivity contribution is -0.335. The highest BCUT2D eigenvalue weighted by atomic mass is 16.7. The average Bonchev–Trinajstić information content (AvgIpc) is 2.40. The van der Waals surface area contributed by atoms with Gasteiger partial charge in [-0.05, 0) is 6.42 Å². The molecule has 6 heteroatoms. The maximum atomic E-state index is 9.58. The van der Waals surface area contributed by atoms with Gasteiger partial charge in [0.15, 0.2) is 10.8 Å². The molecule has 0 unspecified atom stereocenters. The molecule has 3 saturated heterocycles. The van der Waals surface area contributed by atoms with Gasteiger partial charge in [-0.15, -0.1) is 0 Å². The molecule has 0 amide bonds. The van der Waals surface area contributed by atoms with E-state index in [1.54, 1.807) is 20.8 Å². The molecule has 2 bridgehead atoms. The summed E-state index contributed by atoms with van der Waals surface area (Å²) in [5.74, 6) is -2.19. The van der Waals surface area contributed by atoms with Gasteiger partial charge in [0.05, 0.1) is 30.2 Å². The van der Waals surface area contributed by atoms with Crippen LogP contribution in [0.15, 0.2) is 0 Å². The average molecular weight is 258 g/mol. The molecule has 3 aliphatic heterocycles. The zero-order valence-electron chi connectivity index (χ0n) is 11.0. The van der Waals surface area contributed by atoms with Crippen molar-refractivity contribution in [3.8, 4) is 18.2 Å². The first-order valence-electron chi connectivity index (χ1n) is 6.08. The van der Waals surface area contributed by atoms with Crippen LogP contribution in [0.25, 0.3) is 0 Å². The highest BCUT2D eigenvalue weighted by Gasteiger charge is 2.77. The Hall–Kier alpha value is -2.10. The number of nitrogens with one attached hydrogen (secondary N) is 1. The van der Waals surface area contributed by atoms with Crippen LogP contribution in [0.3, 0.4) is 0 Å². The maximum Gasteiger partial charge on any atom is 0.214 e. The summed E-state index contributed by atoms with van der Waals surface area (Å²) in [6.07, 6.45) is -0.272.